The van der Waals surface area contributed by atoms with Crippen molar-refractivity contribution in [1.29, 1.82) is 5.26 Å². The SMILES string of the molecule is N#Cc1c(-n2c3ccccc3c3ccc(-c4ccccc4)cc32)ccc(-c2c(C(F)(F)F)cccc2C(F)(F)F)c1-n1c2ccccc2c2ccc(-c3ccccc3)cc21. The van der Waals surface area contributed by atoms with Gasteiger partial charge in [-0.25, -0.2) is 0 Å². The van der Waals surface area contributed by atoms with Gasteiger partial charge in [0.2, 0.25) is 0 Å². The molecule has 0 fully saturated rings. The summed E-state index contributed by atoms with van der Waals surface area (Å²) >= 11 is 0. The lowest BCUT2D eigenvalue weighted by molar-refractivity contribution is -0.142. The van der Waals surface area contributed by atoms with Gasteiger partial charge in [0.1, 0.15) is 11.6 Å². The number of benzene rings is 8. The first kappa shape index (κ1) is 36.7. The average molecular weight is 798 g/mol. The molecule has 0 atom stereocenters. The summed E-state index contributed by atoms with van der Waals surface area (Å²) in [6, 6.07) is 52.8. The Morgan fingerprint density at radius 1 is 0.400 bits per heavy atom. The van der Waals surface area contributed by atoms with Gasteiger partial charge < -0.3 is 9.13 Å². The third-order valence-electron chi connectivity index (χ3n) is 11.2. The Balaban J connectivity index is 1.40. The molecule has 10 rings (SSSR count). The van der Waals surface area contributed by atoms with Gasteiger partial charge in [0.05, 0.1) is 44.6 Å². The van der Waals surface area contributed by atoms with Crippen LogP contribution in [0.4, 0.5) is 26.3 Å². The van der Waals surface area contributed by atoms with Gasteiger partial charge in [0.15, 0.2) is 0 Å². The van der Waals surface area contributed by atoms with Crippen LogP contribution in [-0.2, 0) is 12.4 Å². The number of alkyl halides is 6. The molecule has 0 saturated heterocycles. The van der Waals surface area contributed by atoms with E-state index >= 15 is 26.3 Å². The van der Waals surface area contributed by atoms with Gasteiger partial charge in [-0.05, 0) is 64.7 Å². The molecule has 2 aromatic heterocycles. The maximum atomic E-state index is 15.1. The first-order chi connectivity index (χ1) is 29.0. The predicted octanol–water partition coefficient (Wildman–Crippen LogP) is 14.8. The average Bonchev–Trinajstić information content (AvgIpc) is 3.77. The Bertz CT molecular complexity index is 3320. The molecule has 0 aliphatic heterocycles. The van der Waals surface area contributed by atoms with Crippen molar-refractivity contribution in [2.75, 3.05) is 0 Å². The number of hydrogen-bond donors (Lipinski definition) is 0. The van der Waals surface area contributed by atoms with Crippen molar-refractivity contribution in [2.24, 2.45) is 0 Å². The highest BCUT2D eigenvalue weighted by atomic mass is 19.4. The Labute approximate surface area is 339 Å². The molecule has 9 heteroatoms. The van der Waals surface area contributed by atoms with E-state index in [-0.39, 0.29) is 16.9 Å². The first-order valence-corrected chi connectivity index (χ1v) is 19.1. The number of nitrogens with zero attached hydrogens (tertiary/aromatic N) is 3. The molecule has 0 saturated carbocycles. The lowest BCUT2D eigenvalue weighted by Crippen LogP contribution is -2.16. The summed E-state index contributed by atoms with van der Waals surface area (Å²) in [6.07, 6.45) is -10.4. The first-order valence-electron chi connectivity index (χ1n) is 19.1. The molecule has 0 amide bonds. The third-order valence-corrected chi connectivity index (χ3v) is 11.2. The molecule has 8 aromatic carbocycles. The van der Waals surface area contributed by atoms with Crippen LogP contribution in [0.25, 0.3) is 88.4 Å². The number of rotatable bonds is 5. The van der Waals surface area contributed by atoms with E-state index in [0.717, 1.165) is 39.1 Å². The summed E-state index contributed by atoms with van der Waals surface area (Å²) in [4.78, 5) is 0. The molecule has 0 spiro atoms. The summed E-state index contributed by atoms with van der Waals surface area (Å²) in [5.74, 6) is 0. The predicted molar refractivity (Wildman–Crippen MR) is 226 cm³/mol. The zero-order chi connectivity index (χ0) is 41.3. The topological polar surface area (TPSA) is 33.6 Å². The Hall–Kier alpha value is -7.57. The van der Waals surface area contributed by atoms with E-state index in [1.165, 1.54) is 12.1 Å². The van der Waals surface area contributed by atoms with Crippen LogP contribution in [0.3, 0.4) is 0 Å². The molecule has 0 N–H and O–H groups in total. The molecule has 0 aliphatic carbocycles. The van der Waals surface area contributed by atoms with Gasteiger partial charge in [-0.15, -0.1) is 0 Å². The molecular formula is C51H29F6N3. The monoisotopic (exact) mass is 797 g/mol. The summed E-state index contributed by atoms with van der Waals surface area (Å²) in [6.45, 7) is 0. The highest BCUT2D eigenvalue weighted by Gasteiger charge is 2.42. The zero-order valence-corrected chi connectivity index (χ0v) is 31.4. The van der Waals surface area contributed by atoms with E-state index in [9.17, 15) is 5.26 Å². The van der Waals surface area contributed by atoms with E-state index < -0.39 is 34.6 Å². The van der Waals surface area contributed by atoms with Crippen LogP contribution in [-0.4, -0.2) is 9.13 Å². The van der Waals surface area contributed by atoms with Crippen LogP contribution in [0.5, 0.6) is 0 Å². The number of hydrogen-bond acceptors (Lipinski definition) is 1. The van der Waals surface area contributed by atoms with E-state index in [4.69, 9.17) is 0 Å². The molecule has 0 radical (unpaired) electrons. The Kier molecular flexibility index (Phi) is 8.44. The van der Waals surface area contributed by atoms with Crippen molar-refractivity contribution < 1.29 is 26.3 Å². The van der Waals surface area contributed by atoms with Gasteiger partial charge in [-0.1, -0.05) is 133 Å². The summed E-state index contributed by atoms with van der Waals surface area (Å²) in [7, 11) is 0. The van der Waals surface area contributed by atoms with E-state index in [1.54, 1.807) is 16.7 Å². The minimum Gasteiger partial charge on any atom is -0.308 e. The summed E-state index contributed by atoms with van der Waals surface area (Å²) < 4.78 is 94.1. The maximum Gasteiger partial charge on any atom is 0.417 e. The van der Waals surface area contributed by atoms with E-state index in [2.05, 4.69) is 6.07 Å². The van der Waals surface area contributed by atoms with Crippen LogP contribution in [0, 0.1) is 11.3 Å². The maximum absolute atomic E-state index is 15.1. The Morgan fingerprint density at radius 3 is 1.35 bits per heavy atom. The lowest BCUT2D eigenvalue weighted by atomic mass is 9.90. The molecule has 0 bridgehead atoms. The molecule has 10 aromatic rings. The van der Waals surface area contributed by atoms with Crippen molar-refractivity contribution in [3.05, 3.63) is 193 Å². The highest BCUT2D eigenvalue weighted by molar-refractivity contribution is 6.13. The summed E-state index contributed by atoms with van der Waals surface area (Å²) in [5.41, 5.74) is 1.52. The van der Waals surface area contributed by atoms with Gasteiger partial charge >= 0.3 is 12.4 Å². The fourth-order valence-corrected chi connectivity index (χ4v) is 8.69. The number of nitriles is 1. The standard InChI is InChI=1S/C51H29F6N3/c52-50(53,54)41-18-11-19-42(51(55,56)57)48(41)39-26-27-45(59-43-20-9-7-16-35(43)37-24-22-33(28-46(37)59)31-12-3-1-4-13-31)40(30-58)49(39)60-44-21-10-8-17-36(44)38-25-23-34(29-47(38)60)32-14-5-2-6-15-32/h1-29H. The second kappa shape index (κ2) is 13.8. The number of para-hydroxylation sites is 2. The lowest BCUT2D eigenvalue weighted by Gasteiger charge is -2.24. The van der Waals surface area contributed by atoms with E-state index in [0.29, 0.717) is 45.0 Å². The van der Waals surface area contributed by atoms with Gasteiger partial charge in [-0.3, -0.25) is 0 Å². The molecular weight excluding hydrogens is 769 g/mol. The normalized spacial score (nSPS) is 12.2. The van der Waals surface area contributed by atoms with Crippen LogP contribution >= 0.6 is 0 Å². The fourth-order valence-electron chi connectivity index (χ4n) is 8.69. The molecule has 60 heavy (non-hydrogen) atoms. The van der Waals surface area contributed by atoms with Crippen LogP contribution in [0.15, 0.2) is 176 Å². The summed E-state index contributed by atoms with van der Waals surface area (Å²) in [5, 5.41) is 14.6. The van der Waals surface area contributed by atoms with Crippen LogP contribution in [0.1, 0.15) is 16.7 Å². The second-order valence-corrected chi connectivity index (χ2v) is 14.6. The molecule has 290 valence electrons. The quantitative estimate of drug-likeness (QED) is 0.160. The van der Waals surface area contributed by atoms with Crippen molar-refractivity contribution in [3.8, 4) is 50.8 Å². The minimum absolute atomic E-state index is 0.112. The minimum atomic E-state index is -5.18. The molecule has 2 heterocycles. The molecule has 3 nitrogen and oxygen atoms in total. The number of halogens is 6. The van der Waals surface area contributed by atoms with Gasteiger partial charge in [0.25, 0.3) is 0 Å². The van der Waals surface area contributed by atoms with Gasteiger partial charge in [0, 0.05) is 32.7 Å². The van der Waals surface area contributed by atoms with Crippen molar-refractivity contribution >= 4 is 43.6 Å². The fraction of sp³-hybridized carbons (Fsp3) is 0.0392. The van der Waals surface area contributed by atoms with Crippen LogP contribution < -0.4 is 0 Å². The van der Waals surface area contributed by atoms with Gasteiger partial charge in [-0.2, -0.15) is 31.6 Å². The molecule has 0 aliphatic rings. The highest BCUT2D eigenvalue weighted by Crippen LogP contribution is 2.49. The van der Waals surface area contributed by atoms with Crippen LogP contribution in [0.2, 0.25) is 0 Å². The Morgan fingerprint density at radius 2 is 0.850 bits per heavy atom. The number of fused-ring (bicyclic) bond motifs is 6. The van der Waals surface area contributed by atoms with Crippen molar-refractivity contribution in [3.63, 3.8) is 0 Å². The second-order valence-electron chi connectivity index (χ2n) is 14.6. The number of aromatic nitrogens is 2. The third kappa shape index (κ3) is 5.83. The van der Waals surface area contributed by atoms with Crippen molar-refractivity contribution in [2.45, 2.75) is 12.4 Å². The largest absolute Gasteiger partial charge is 0.417 e. The smallest absolute Gasteiger partial charge is 0.308 e. The zero-order valence-electron chi connectivity index (χ0n) is 31.4. The molecule has 0 unspecified atom stereocenters. The van der Waals surface area contributed by atoms with E-state index in [1.807, 2.05) is 138 Å². The van der Waals surface area contributed by atoms with Crippen molar-refractivity contribution in [1.82, 2.24) is 9.13 Å².